The van der Waals surface area contributed by atoms with E-state index in [-0.39, 0.29) is 11.7 Å². The first-order chi connectivity index (χ1) is 11.2. The lowest BCUT2D eigenvalue weighted by molar-refractivity contribution is 0.0690. The molecule has 0 radical (unpaired) electrons. The minimum Gasteiger partial charge on any atom is -0.476 e. The molecule has 3 aromatic heterocycles. The Bertz CT molecular complexity index is 938. The number of nitrogens with zero attached hydrogens (tertiary/aromatic N) is 4. The number of carboxylic acids is 1. The van der Waals surface area contributed by atoms with E-state index in [0.29, 0.717) is 18.5 Å². The normalized spacial score (nSPS) is 19.7. The molecule has 0 bridgehead atoms. The van der Waals surface area contributed by atoms with Crippen molar-refractivity contribution in [1.82, 2.24) is 18.9 Å². The number of ether oxygens (including phenoxy) is 1. The van der Waals surface area contributed by atoms with Gasteiger partial charge in [0.15, 0.2) is 5.69 Å². The number of fused-ring (bicyclic) bond motifs is 2. The summed E-state index contributed by atoms with van der Waals surface area (Å²) in [5.41, 5.74) is 3.08. The van der Waals surface area contributed by atoms with Gasteiger partial charge in [-0.3, -0.25) is 4.57 Å². The fraction of sp³-hybridized carbons (Fsp3) is 0.312. The summed E-state index contributed by atoms with van der Waals surface area (Å²) in [5.74, 6) is -0.364. The van der Waals surface area contributed by atoms with Crippen LogP contribution in [0.5, 0.6) is 6.01 Å². The van der Waals surface area contributed by atoms with E-state index in [2.05, 4.69) is 22.2 Å². The molecule has 1 fully saturated rings. The summed E-state index contributed by atoms with van der Waals surface area (Å²) < 4.78 is 9.28. The average molecular weight is 310 g/mol. The summed E-state index contributed by atoms with van der Waals surface area (Å²) >= 11 is 0. The molecule has 0 saturated heterocycles. The molecule has 23 heavy (non-hydrogen) atoms. The van der Waals surface area contributed by atoms with Crippen LogP contribution in [-0.4, -0.2) is 36.6 Å². The molecule has 1 saturated carbocycles. The smallest absolute Gasteiger partial charge is 0.356 e. The van der Waals surface area contributed by atoms with Gasteiger partial charge in [-0.1, -0.05) is 6.07 Å². The van der Waals surface area contributed by atoms with Crippen LogP contribution >= 0.6 is 0 Å². The maximum absolute atomic E-state index is 11.0. The first kappa shape index (κ1) is 12.7. The van der Waals surface area contributed by atoms with Crippen molar-refractivity contribution in [2.24, 2.45) is 0 Å². The molecule has 0 amide bonds. The Morgan fingerprint density at radius 1 is 1.22 bits per heavy atom. The predicted molar refractivity (Wildman–Crippen MR) is 80.0 cm³/mol. The van der Waals surface area contributed by atoms with Crippen molar-refractivity contribution in [3.63, 3.8) is 0 Å². The number of carbonyl (C=O) groups is 1. The molecule has 1 aliphatic heterocycles. The van der Waals surface area contributed by atoms with E-state index < -0.39 is 5.97 Å². The predicted octanol–water partition coefficient (Wildman–Crippen LogP) is 2.09. The van der Waals surface area contributed by atoms with Gasteiger partial charge in [0.25, 0.3) is 6.01 Å². The number of rotatable bonds is 3. The summed E-state index contributed by atoms with van der Waals surface area (Å²) in [6, 6.07) is 4.36. The summed E-state index contributed by atoms with van der Waals surface area (Å²) in [5, 5.41) is 9.05. The highest BCUT2D eigenvalue weighted by Crippen LogP contribution is 2.40. The first-order valence-corrected chi connectivity index (χ1v) is 7.62. The van der Waals surface area contributed by atoms with Gasteiger partial charge in [-0.2, -0.15) is 4.98 Å². The molecule has 0 spiro atoms. The zero-order valence-electron chi connectivity index (χ0n) is 12.2. The molecule has 1 unspecified atom stereocenters. The van der Waals surface area contributed by atoms with Gasteiger partial charge in [-0.15, -0.1) is 0 Å². The van der Waals surface area contributed by atoms with Crippen molar-refractivity contribution in [3.8, 4) is 6.01 Å². The lowest BCUT2D eigenvalue weighted by Gasteiger charge is -2.05. The van der Waals surface area contributed by atoms with Crippen LogP contribution in [0.1, 0.15) is 46.5 Å². The molecule has 116 valence electrons. The molecule has 7 heteroatoms. The molecular weight excluding hydrogens is 296 g/mol. The molecule has 4 heterocycles. The Balaban J connectivity index is 1.55. The van der Waals surface area contributed by atoms with E-state index in [1.54, 1.807) is 4.57 Å². The lowest BCUT2D eigenvalue weighted by atomic mass is 10.2. The molecule has 5 rings (SSSR count). The summed E-state index contributed by atoms with van der Waals surface area (Å²) in [6.07, 6.45) is 8.16. The van der Waals surface area contributed by atoms with Crippen molar-refractivity contribution in [2.45, 2.75) is 24.8 Å². The summed E-state index contributed by atoms with van der Waals surface area (Å²) in [4.78, 5) is 19.7. The van der Waals surface area contributed by atoms with Crippen LogP contribution in [0.4, 0.5) is 0 Å². The van der Waals surface area contributed by atoms with Crippen molar-refractivity contribution in [2.75, 3.05) is 6.61 Å². The number of aromatic carboxylic acids is 1. The average Bonchev–Trinajstić information content (AvgIpc) is 2.99. The highest BCUT2D eigenvalue weighted by Gasteiger charge is 2.30. The molecule has 3 aromatic rings. The summed E-state index contributed by atoms with van der Waals surface area (Å²) in [7, 11) is 0. The number of aromatic nitrogens is 4. The monoisotopic (exact) mass is 310 g/mol. The van der Waals surface area contributed by atoms with Crippen LogP contribution in [0.3, 0.4) is 0 Å². The Morgan fingerprint density at radius 3 is 2.87 bits per heavy atom. The quantitative estimate of drug-likeness (QED) is 0.801. The zero-order chi connectivity index (χ0) is 15.6. The van der Waals surface area contributed by atoms with Gasteiger partial charge in [0, 0.05) is 18.6 Å². The topological polar surface area (TPSA) is 81.6 Å². The zero-order valence-corrected chi connectivity index (χ0v) is 12.2. The third-order valence-corrected chi connectivity index (χ3v) is 4.51. The van der Waals surface area contributed by atoms with Gasteiger partial charge in [-0.25, -0.2) is 9.78 Å². The van der Waals surface area contributed by atoms with Gasteiger partial charge in [-0.05, 0) is 30.4 Å². The molecule has 1 N–H and O–H groups in total. The van der Waals surface area contributed by atoms with Crippen LogP contribution < -0.4 is 4.74 Å². The highest BCUT2D eigenvalue weighted by molar-refractivity contribution is 5.85. The second-order valence-electron chi connectivity index (χ2n) is 6.12. The van der Waals surface area contributed by atoms with Gasteiger partial charge in [0.2, 0.25) is 0 Å². The van der Waals surface area contributed by atoms with Crippen LogP contribution in [0.2, 0.25) is 0 Å². The number of imidazole rings is 2. The van der Waals surface area contributed by atoms with E-state index >= 15 is 0 Å². The van der Waals surface area contributed by atoms with Gasteiger partial charge >= 0.3 is 5.97 Å². The SMILES string of the molecule is O=C(O)c1cn2c(n1)OCC2c1cn2cc(C3CC3)ccc2n1. The van der Waals surface area contributed by atoms with Crippen LogP contribution in [0.15, 0.2) is 30.7 Å². The lowest BCUT2D eigenvalue weighted by Crippen LogP contribution is -2.09. The Kier molecular flexibility index (Phi) is 2.40. The van der Waals surface area contributed by atoms with Crippen LogP contribution in [0, 0.1) is 0 Å². The first-order valence-electron chi connectivity index (χ1n) is 7.62. The Hall–Kier alpha value is -2.83. The van der Waals surface area contributed by atoms with Crippen molar-refractivity contribution >= 4 is 11.6 Å². The Labute approximate surface area is 131 Å². The van der Waals surface area contributed by atoms with E-state index in [0.717, 1.165) is 11.3 Å². The molecule has 1 aliphatic carbocycles. The fourth-order valence-electron chi connectivity index (χ4n) is 3.12. The van der Waals surface area contributed by atoms with Crippen molar-refractivity contribution in [3.05, 3.63) is 47.7 Å². The third kappa shape index (κ3) is 1.93. The molecule has 0 aromatic carbocycles. The van der Waals surface area contributed by atoms with E-state index in [9.17, 15) is 4.79 Å². The largest absolute Gasteiger partial charge is 0.476 e. The fourth-order valence-corrected chi connectivity index (χ4v) is 3.12. The molecule has 2 aliphatic rings. The maximum atomic E-state index is 11.0. The summed E-state index contributed by atoms with van der Waals surface area (Å²) in [6.45, 7) is 0.418. The van der Waals surface area contributed by atoms with Crippen molar-refractivity contribution < 1.29 is 14.6 Å². The highest BCUT2D eigenvalue weighted by atomic mass is 16.5. The van der Waals surface area contributed by atoms with Crippen LogP contribution in [-0.2, 0) is 0 Å². The van der Waals surface area contributed by atoms with Gasteiger partial charge in [0.05, 0.1) is 5.69 Å². The van der Waals surface area contributed by atoms with E-state index in [1.807, 2.05) is 16.7 Å². The second kappa shape index (κ2) is 4.34. The molecule has 1 atom stereocenters. The van der Waals surface area contributed by atoms with E-state index in [1.165, 1.54) is 24.6 Å². The van der Waals surface area contributed by atoms with Gasteiger partial charge in [0.1, 0.15) is 18.3 Å². The third-order valence-electron chi connectivity index (χ3n) is 4.51. The van der Waals surface area contributed by atoms with E-state index in [4.69, 9.17) is 9.84 Å². The Morgan fingerprint density at radius 2 is 2.09 bits per heavy atom. The van der Waals surface area contributed by atoms with Crippen molar-refractivity contribution in [1.29, 1.82) is 0 Å². The number of hydrogen-bond donors (Lipinski definition) is 1. The number of hydrogen-bond acceptors (Lipinski definition) is 4. The maximum Gasteiger partial charge on any atom is 0.356 e. The second-order valence-corrected chi connectivity index (χ2v) is 6.12. The minimum absolute atomic E-state index is 0.00974. The molecule has 7 nitrogen and oxygen atoms in total. The number of pyridine rings is 1. The van der Waals surface area contributed by atoms with Gasteiger partial charge < -0.3 is 14.2 Å². The standard InChI is InChI=1S/C16H14N4O3/c21-15(22)12-7-20-13(8-23-16(20)18-12)11-6-19-5-10(9-1-2-9)3-4-14(19)17-11/h3-7,9,13H,1-2,8H2,(H,21,22). The minimum atomic E-state index is -1.06. The molecular formula is C16H14N4O3. The number of carboxylic acid groups (broad SMARTS) is 1. The van der Waals surface area contributed by atoms with Crippen LogP contribution in [0.25, 0.3) is 5.65 Å².